The van der Waals surface area contributed by atoms with Crippen LogP contribution in [0.15, 0.2) is 71.5 Å². The van der Waals surface area contributed by atoms with Gasteiger partial charge in [0.2, 0.25) is 0 Å². The molecule has 8 nitrogen and oxygen atoms in total. The maximum atomic E-state index is 13.0. The van der Waals surface area contributed by atoms with E-state index in [1.54, 1.807) is 46.9 Å². The van der Waals surface area contributed by atoms with Gasteiger partial charge < -0.3 is 19.5 Å². The van der Waals surface area contributed by atoms with Crippen molar-refractivity contribution in [3.05, 3.63) is 87.2 Å². The molecule has 1 N–H and O–H groups in total. The Morgan fingerprint density at radius 3 is 2.60 bits per heavy atom. The summed E-state index contributed by atoms with van der Waals surface area (Å²) < 4.78 is 18.6. The van der Waals surface area contributed by atoms with Gasteiger partial charge in [-0.3, -0.25) is 9.59 Å². The molecule has 0 radical (unpaired) electrons. The number of ether oxygens (including phenoxy) is 3. The summed E-state index contributed by atoms with van der Waals surface area (Å²) in [7, 11) is 3.06. The minimum atomic E-state index is -0.336. The molecule has 0 atom stereocenters. The molecule has 0 saturated heterocycles. The van der Waals surface area contributed by atoms with Crippen LogP contribution >= 0.6 is 11.3 Å². The number of nitrogens with one attached hydrogen (secondary N) is 1. The average Bonchev–Trinajstić information content (AvgIpc) is 3.39. The molecule has 0 fully saturated rings. The zero-order valence-electron chi connectivity index (χ0n) is 19.0. The van der Waals surface area contributed by atoms with E-state index in [1.807, 2.05) is 30.3 Å². The minimum absolute atomic E-state index is 0.119. The Morgan fingerprint density at radius 1 is 1.00 bits per heavy atom. The molecule has 0 aliphatic heterocycles. The fourth-order valence-electron chi connectivity index (χ4n) is 3.73. The molecule has 5 aromatic rings. The second-order valence-corrected chi connectivity index (χ2v) is 8.59. The summed E-state index contributed by atoms with van der Waals surface area (Å²) in [5, 5.41) is 2.76. The first-order valence-electron chi connectivity index (χ1n) is 10.7. The van der Waals surface area contributed by atoms with Gasteiger partial charge in [-0.1, -0.05) is 41.7 Å². The van der Waals surface area contributed by atoms with E-state index in [1.165, 1.54) is 25.6 Å². The van der Waals surface area contributed by atoms with Crippen molar-refractivity contribution in [3.8, 4) is 17.2 Å². The van der Waals surface area contributed by atoms with Gasteiger partial charge in [-0.05, 0) is 48.0 Å². The highest BCUT2D eigenvalue weighted by Crippen LogP contribution is 2.29. The molecule has 1 amide bonds. The highest BCUT2D eigenvalue weighted by atomic mass is 32.1. The molecule has 176 valence electrons. The zero-order valence-corrected chi connectivity index (χ0v) is 19.8. The molecule has 9 heteroatoms. The number of para-hydroxylation sites is 4. The molecule has 0 saturated carbocycles. The average molecular weight is 488 g/mol. The quantitative estimate of drug-likeness (QED) is 0.378. The molecular weight excluding hydrogens is 466 g/mol. The molecule has 2 aromatic heterocycles. The molecule has 0 unspecified atom stereocenters. The van der Waals surface area contributed by atoms with Crippen molar-refractivity contribution in [3.63, 3.8) is 0 Å². The van der Waals surface area contributed by atoms with Gasteiger partial charge in [0.1, 0.15) is 5.75 Å². The van der Waals surface area contributed by atoms with E-state index in [-0.39, 0.29) is 18.1 Å². The number of thiazole rings is 1. The Kier molecular flexibility index (Phi) is 6.07. The van der Waals surface area contributed by atoms with Gasteiger partial charge in [-0.2, -0.15) is 0 Å². The summed E-state index contributed by atoms with van der Waals surface area (Å²) in [4.78, 5) is 30.6. The van der Waals surface area contributed by atoms with E-state index >= 15 is 0 Å². The fraction of sp³-hybridized carbons (Fsp3) is 0.115. The second kappa shape index (κ2) is 9.47. The molecule has 2 heterocycles. The third-order valence-corrected chi connectivity index (χ3v) is 6.34. The van der Waals surface area contributed by atoms with Crippen LogP contribution in [0.1, 0.15) is 5.56 Å². The van der Waals surface area contributed by atoms with E-state index in [9.17, 15) is 9.59 Å². The van der Waals surface area contributed by atoms with E-state index in [4.69, 9.17) is 14.2 Å². The molecule has 0 aliphatic rings. The topological polar surface area (TPSA) is 91.2 Å². The molecule has 35 heavy (non-hydrogen) atoms. The molecule has 0 bridgehead atoms. The van der Waals surface area contributed by atoms with Crippen LogP contribution in [0.25, 0.3) is 22.1 Å². The van der Waals surface area contributed by atoms with Gasteiger partial charge in [0, 0.05) is 0 Å². The summed E-state index contributed by atoms with van der Waals surface area (Å²) in [5.41, 5.74) is 2.78. The highest BCUT2D eigenvalue weighted by Gasteiger charge is 2.13. The van der Waals surface area contributed by atoms with Crippen LogP contribution in [0.4, 0.5) is 5.69 Å². The Hall–Kier alpha value is -4.37. The Balaban J connectivity index is 1.36. The Bertz CT molecular complexity index is 1660. The van der Waals surface area contributed by atoms with Crippen molar-refractivity contribution in [1.82, 2.24) is 9.38 Å². The first-order valence-corrected chi connectivity index (χ1v) is 11.5. The van der Waals surface area contributed by atoms with Crippen LogP contribution in [0, 0.1) is 0 Å². The predicted molar refractivity (Wildman–Crippen MR) is 136 cm³/mol. The summed E-state index contributed by atoms with van der Waals surface area (Å²) in [6, 6.07) is 19.9. The molecule has 0 aliphatic carbocycles. The van der Waals surface area contributed by atoms with Crippen LogP contribution < -0.4 is 29.6 Å². The van der Waals surface area contributed by atoms with Gasteiger partial charge in [-0.15, -0.1) is 0 Å². The minimum Gasteiger partial charge on any atom is -0.495 e. The molecule has 5 rings (SSSR count). The lowest BCUT2D eigenvalue weighted by atomic mass is 10.2. The molecule has 3 aromatic carbocycles. The number of carbonyl (C=O) groups excluding carboxylic acids is 1. The Labute approximate surface area is 204 Å². The number of hydrogen-bond donors (Lipinski definition) is 1. The fourth-order valence-corrected chi connectivity index (χ4v) is 4.72. The third-order valence-electron chi connectivity index (χ3n) is 5.37. The van der Waals surface area contributed by atoms with E-state index in [0.717, 1.165) is 16.6 Å². The highest BCUT2D eigenvalue weighted by molar-refractivity contribution is 7.15. The van der Waals surface area contributed by atoms with Gasteiger partial charge in [-0.25, -0.2) is 9.38 Å². The molecular formula is C26H21N3O5S. The number of imidazole rings is 1. The summed E-state index contributed by atoms with van der Waals surface area (Å²) >= 11 is 1.33. The standard InChI is InChI=1S/C26H21N3O5S/c1-32-20-10-6-4-8-18(20)27-24(30)15-34-21-12-11-16(13-22(21)33-2)14-23-25(31)29-19-9-5-3-7-17(19)28-26(29)35-23/h3-14H,15H2,1-2H3,(H,27,30). The van der Waals surface area contributed by atoms with Gasteiger partial charge in [0.25, 0.3) is 11.5 Å². The number of benzene rings is 3. The van der Waals surface area contributed by atoms with Crippen molar-refractivity contribution < 1.29 is 19.0 Å². The van der Waals surface area contributed by atoms with Crippen molar-refractivity contribution in [2.75, 3.05) is 26.1 Å². The lowest BCUT2D eigenvalue weighted by molar-refractivity contribution is -0.118. The van der Waals surface area contributed by atoms with Gasteiger partial charge in [0.05, 0.1) is 35.5 Å². The first-order chi connectivity index (χ1) is 17.1. The van der Waals surface area contributed by atoms with Crippen molar-refractivity contribution >= 4 is 45.0 Å². The largest absolute Gasteiger partial charge is 0.495 e. The lowest BCUT2D eigenvalue weighted by Crippen LogP contribution is -2.22. The lowest BCUT2D eigenvalue weighted by Gasteiger charge is -2.12. The smallest absolute Gasteiger partial charge is 0.274 e. The number of hydrogen-bond acceptors (Lipinski definition) is 7. The van der Waals surface area contributed by atoms with Crippen LogP contribution in [0.5, 0.6) is 17.2 Å². The van der Waals surface area contributed by atoms with Gasteiger partial charge >= 0.3 is 0 Å². The van der Waals surface area contributed by atoms with Gasteiger partial charge in [0.15, 0.2) is 23.1 Å². The maximum absolute atomic E-state index is 13.0. The summed E-state index contributed by atoms with van der Waals surface area (Å²) in [6.07, 6.45) is 1.79. The third kappa shape index (κ3) is 4.41. The van der Waals surface area contributed by atoms with E-state index in [0.29, 0.717) is 32.4 Å². The van der Waals surface area contributed by atoms with Crippen molar-refractivity contribution in [2.24, 2.45) is 0 Å². The number of carbonyl (C=O) groups is 1. The number of rotatable bonds is 7. The van der Waals surface area contributed by atoms with Crippen molar-refractivity contribution in [2.45, 2.75) is 0 Å². The number of fused-ring (bicyclic) bond motifs is 3. The SMILES string of the molecule is COc1ccccc1NC(=O)COc1ccc(C=c2sc3nc4ccccc4n3c2=O)cc1OC. The monoisotopic (exact) mass is 487 g/mol. The number of anilines is 1. The normalized spacial score (nSPS) is 11.7. The summed E-state index contributed by atoms with van der Waals surface area (Å²) in [5.74, 6) is 1.08. The van der Waals surface area contributed by atoms with Crippen LogP contribution in [-0.2, 0) is 4.79 Å². The maximum Gasteiger partial charge on any atom is 0.274 e. The molecule has 0 spiro atoms. The van der Waals surface area contributed by atoms with Crippen LogP contribution in [-0.4, -0.2) is 36.1 Å². The number of aromatic nitrogens is 2. The van der Waals surface area contributed by atoms with Crippen LogP contribution in [0.2, 0.25) is 0 Å². The second-order valence-electron chi connectivity index (χ2n) is 7.58. The summed E-state index contributed by atoms with van der Waals surface area (Å²) in [6.45, 7) is -0.211. The number of nitrogens with zero attached hydrogens (tertiary/aromatic N) is 2. The zero-order chi connectivity index (χ0) is 24.4. The van der Waals surface area contributed by atoms with E-state index < -0.39 is 0 Å². The number of methoxy groups -OCH3 is 2. The predicted octanol–water partition coefficient (Wildman–Crippen LogP) is 3.49. The number of amides is 1. The first kappa shape index (κ1) is 22.4. The Morgan fingerprint density at radius 2 is 1.77 bits per heavy atom. The van der Waals surface area contributed by atoms with Crippen molar-refractivity contribution in [1.29, 1.82) is 0 Å². The van der Waals surface area contributed by atoms with E-state index in [2.05, 4.69) is 10.3 Å². The van der Waals surface area contributed by atoms with Crippen LogP contribution in [0.3, 0.4) is 0 Å².